The molecule has 5 rings (SSSR count). The molecule has 4 aromatic heterocycles. The molecule has 0 atom stereocenters. The number of carbonyl (C=O) groups is 1. The van der Waals surface area contributed by atoms with Crippen molar-refractivity contribution >= 4 is 29.0 Å². The highest BCUT2D eigenvalue weighted by Gasteiger charge is 2.19. The number of piperazine rings is 1. The lowest BCUT2D eigenvalue weighted by molar-refractivity contribution is -0.129. The molecule has 10 heteroatoms. The largest absolute Gasteiger partial charge is 0.367 e. The summed E-state index contributed by atoms with van der Waals surface area (Å²) in [4.78, 5) is 33.1. The van der Waals surface area contributed by atoms with E-state index in [1.807, 2.05) is 17.0 Å². The van der Waals surface area contributed by atoms with Crippen LogP contribution in [-0.4, -0.2) is 61.3 Å². The molecule has 5 heterocycles. The van der Waals surface area contributed by atoms with Gasteiger partial charge in [-0.05, 0) is 30.3 Å². The summed E-state index contributed by atoms with van der Waals surface area (Å²) < 4.78 is 15.3. The minimum Gasteiger partial charge on any atom is -0.367 e. The second-order valence-corrected chi connectivity index (χ2v) is 7.50. The van der Waals surface area contributed by atoms with Crippen LogP contribution < -0.4 is 10.2 Å². The average molecular weight is 432 g/mol. The van der Waals surface area contributed by atoms with Gasteiger partial charge in [0.25, 0.3) is 0 Å². The summed E-state index contributed by atoms with van der Waals surface area (Å²) >= 11 is 0. The van der Waals surface area contributed by atoms with E-state index in [0.717, 1.165) is 18.8 Å². The zero-order valence-electron chi connectivity index (χ0n) is 17.4. The number of hydrogen-bond acceptors (Lipinski definition) is 7. The molecule has 9 nitrogen and oxygen atoms in total. The fraction of sp³-hybridized carbons (Fsp3) is 0.227. The highest BCUT2D eigenvalue weighted by atomic mass is 19.1. The third-order valence-electron chi connectivity index (χ3n) is 5.47. The SMILES string of the molecule is CC(=O)N1CCN(c2ccc(Nc3nccc(-c4cnc5ccc(F)cn45)n3)nc2)CC1. The Balaban J connectivity index is 1.31. The Morgan fingerprint density at radius 3 is 2.59 bits per heavy atom. The summed E-state index contributed by atoms with van der Waals surface area (Å²) in [5.74, 6) is 0.747. The van der Waals surface area contributed by atoms with Crippen LogP contribution in [0.5, 0.6) is 0 Å². The van der Waals surface area contributed by atoms with Crippen molar-refractivity contribution in [2.75, 3.05) is 36.4 Å². The minimum atomic E-state index is -0.351. The Labute approximate surface area is 183 Å². The van der Waals surface area contributed by atoms with Crippen LogP contribution in [0, 0.1) is 5.82 Å². The van der Waals surface area contributed by atoms with E-state index in [0.29, 0.717) is 41.9 Å². The lowest BCUT2D eigenvalue weighted by atomic mass is 10.2. The molecule has 0 aromatic carbocycles. The van der Waals surface area contributed by atoms with E-state index in [4.69, 9.17) is 0 Å². The van der Waals surface area contributed by atoms with Crippen LogP contribution in [0.2, 0.25) is 0 Å². The molecule has 1 aliphatic rings. The number of hydrogen-bond donors (Lipinski definition) is 1. The van der Waals surface area contributed by atoms with Crippen molar-refractivity contribution in [1.29, 1.82) is 0 Å². The maximum atomic E-state index is 13.7. The van der Waals surface area contributed by atoms with Gasteiger partial charge >= 0.3 is 0 Å². The van der Waals surface area contributed by atoms with Gasteiger partial charge in [0.05, 0.1) is 29.5 Å². The van der Waals surface area contributed by atoms with Gasteiger partial charge in [0.1, 0.15) is 17.3 Å². The Kier molecular flexibility index (Phi) is 5.10. The fourth-order valence-electron chi connectivity index (χ4n) is 3.75. The molecular weight excluding hydrogens is 411 g/mol. The lowest BCUT2D eigenvalue weighted by Crippen LogP contribution is -2.48. The van der Waals surface area contributed by atoms with E-state index in [1.165, 1.54) is 12.3 Å². The topological polar surface area (TPSA) is 91.6 Å². The molecule has 1 saturated heterocycles. The number of amides is 1. The number of pyridine rings is 2. The maximum Gasteiger partial charge on any atom is 0.228 e. The Morgan fingerprint density at radius 2 is 1.84 bits per heavy atom. The molecule has 0 saturated carbocycles. The molecule has 162 valence electrons. The van der Waals surface area contributed by atoms with Crippen molar-refractivity contribution in [2.45, 2.75) is 6.92 Å². The van der Waals surface area contributed by atoms with Gasteiger partial charge in [0.2, 0.25) is 11.9 Å². The lowest BCUT2D eigenvalue weighted by Gasteiger charge is -2.35. The molecule has 32 heavy (non-hydrogen) atoms. The number of carbonyl (C=O) groups excluding carboxylic acids is 1. The standard InChI is InChI=1S/C22H21FN8O/c1-15(32)29-8-10-30(11-9-29)17-3-4-20(25-12-17)28-22-24-7-6-18(27-22)19-13-26-21-5-2-16(23)14-31(19)21/h2-7,12-14H,8-11H2,1H3,(H,24,25,27,28). The van der Waals surface area contributed by atoms with Crippen LogP contribution in [0.15, 0.2) is 55.1 Å². The molecule has 0 radical (unpaired) electrons. The van der Waals surface area contributed by atoms with Crippen molar-refractivity contribution in [3.8, 4) is 11.4 Å². The van der Waals surface area contributed by atoms with E-state index in [2.05, 4.69) is 30.2 Å². The third-order valence-corrected chi connectivity index (χ3v) is 5.47. The van der Waals surface area contributed by atoms with Gasteiger partial charge in [0.15, 0.2) is 0 Å². The first-order valence-electron chi connectivity index (χ1n) is 10.3. The Bertz CT molecular complexity index is 1260. The molecule has 1 fully saturated rings. The van der Waals surface area contributed by atoms with Crippen LogP contribution in [-0.2, 0) is 4.79 Å². The summed E-state index contributed by atoms with van der Waals surface area (Å²) in [6.45, 7) is 4.58. The number of imidazole rings is 1. The highest BCUT2D eigenvalue weighted by molar-refractivity contribution is 5.73. The van der Waals surface area contributed by atoms with Gasteiger partial charge in [-0.25, -0.2) is 24.3 Å². The molecular formula is C22H21FN8O. The van der Waals surface area contributed by atoms with Crippen molar-refractivity contribution in [3.05, 3.63) is 60.9 Å². The van der Waals surface area contributed by atoms with Crippen molar-refractivity contribution in [2.24, 2.45) is 0 Å². The summed E-state index contributed by atoms with van der Waals surface area (Å²) in [6.07, 6.45) is 6.46. The van der Waals surface area contributed by atoms with Gasteiger partial charge in [-0.1, -0.05) is 0 Å². The molecule has 4 aromatic rings. The fourth-order valence-corrected chi connectivity index (χ4v) is 3.75. The van der Waals surface area contributed by atoms with Crippen LogP contribution in [0.25, 0.3) is 17.0 Å². The van der Waals surface area contributed by atoms with Crippen molar-refractivity contribution in [1.82, 2.24) is 29.2 Å². The van der Waals surface area contributed by atoms with E-state index < -0.39 is 0 Å². The van der Waals surface area contributed by atoms with Gasteiger partial charge in [-0.3, -0.25) is 9.20 Å². The predicted octanol–water partition coefficient (Wildman–Crippen LogP) is 2.74. The number of rotatable bonds is 4. The predicted molar refractivity (Wildman–Crippen MR) is 118 cm³/mol. The van der Waals surface area contributed by atoms with E-state index in [1.54, 1.807) is 42.0 Å². The van der Waals surface area contributed by atoms with Crippen molar-refractivity contribution in [3.63, 3.8) is 0 Å². The van der Waals surface area contributed by atoms with Gasteiger partial charge in [-0.15, -0.1) is 0 Å². The zero-order chi connectivity index (χ0) is 22.1. The van der Waals surface area contributed by atoms with Gasteiger partial charge in [0, 0.05) is 45.5 Å². The minimum absolute atomic E-state index is 0.110. The zero-order valence-corrected chi connectivity index (χ0v) is 17.4. The number of aromatic nitrogens is 5. The normalized spacial score (nSPS) is 14.1. The number of anilines is 3. The number of fused-ring (bicyclic) bond motifs is 1. The Hall–Kier alpha value is -4.08. The Morgan fingerprint density at radius 1 is 1.00 bits per heavy atom. The monoisotopic (exact) mass is 432 g/mol. The molecule has 1 aliphatic heterocycles. The van der Waals surface area contributed by atoms with Gasteiger partial charge in [-0.2, -0.15) is 0 Å². The van der Waals surface area contributed by atoms with E-state index >= 15 is 0 Å². The number of nitrogens with one attached hydrogen (secondary N) is 1. The molecule has 0 spiro atoms. The molecule has 0 aliphatic carbocycles. The van der Waals surface area contributed by atoms with Crippen LogP contribution in [0.3, 0.4) is 0 Å². The first kappa shape index (κ1) is 19.9. The van der Waals surface area contributed by atoms with Crippen LogP contribution in [0.1, 0.15) is 6.92 Å². The first-order valence-corrected chi connectivity index (χ1v) is 10.3. The average Bonchev–Trinajstić information content (AvgIpc) is 3.23. The second kappa shape index (κ2) is 8.22. The highest BCUT2D eigenvalue weighted by Crippen LogP contribution is 2.22. The third kappa shape index (κ3) is 3.94. The first-order chi connectivity index (χ1) is 15.6. The summed E-state index contributed by atoms with van der Waals surface area (Å²) in [5.41, 5.74) is 2.91. The number of nitrogens with zero attached hydrogens (tertiary/aromatic N) is 7. The summed E-state index contributed by atoms with van der Waals surface area (Å²) in [7, 11) is 0. The maximum absolute atomic E-state index is 13.7. The molecule has 1 amide bonds. The van der Waals surface area contributed by atoms with E-state index in [-0.39, 0.29) is 11.7 Å². The summed E-state index contributed by atoms with van der Waals surface area (Å²) in [6, 6.07) is 8.58. The second-order valence-electron chi connectivity index (χ2n) is 7.50. The quantitative estimate of drug-likeness (QED) is 0.530. The van der Waals surface area contributed by atoms with Crippen LogP contribution in [0.4, 0.5) is 21.8 Å². The molecule has 1 N–H and O–H groups in total. The van der Waals surface area contributed by atoms with Crippen LogP contribution >= 0.6 is 0 Å². The molecule has 0 bridgehead atoms. The summed E-state index contributed by atoms with van der Waals surface area (Å²) in [5, 5.41) is 3.11. The smallest absolute Gasteiger partial charge is 0.228 e. The van der Waals surface area contributed by atoms with E-state index in [9.17, 15) is 9.18 Å². The number of halogens is 1. The van der Waals surface area contributed by atoms with Crippen molar-refractivity contribution < 1.29 is 9.18 Å². The van der Waals surface area contributed by atoms with Gasteiger partial charge < -0.3 is 15.1 Å². The molecule has 0 unspecified atom stereocenters.